The van der Waals surface area contributed by atoms with Crippen molar-refractivity contribution in [1.82, 2.24) is 9.78 Å². The van der Waals surface area contributed by atoms with Gasteiger partial charge < -0.3 is 5.32 Å². The molecule has 1 aromatic carbocycles. The van der Waals surface area contributed by atoms with Crippen LogP contribution < -0.4 is 5.32 Å². The van der Waals surface area contributed by atoms with Crippen LogP contribution >= 0.6 is 11.8 Å². The average Bonchev–Trinajstić information content (AvgIpc) is 2.85. The highest BCUT2D eigenvalue weighted by Gasteiger charge is 2.07. The maximum Gasteiger partial charge on any atom is 0.102 e. The summed E-state index contributed by atoms with van der Waals surface area (Å²) in [6, 6.07) is 10.3. The Morgan fingerprint density at radius 2 is 2.25 bits per heavy atom. The molecule has 1 aromatic heterocycles. The summed E-state index contributed by atoms with van der Waals surface area (Å²) in [7, 11) is 1.94. The van der Waals surface area contributed by atoms with E-state index in [1.165, 1.54) is 5.69 Å². The fraction of sp³-hybridized carbons (Fsp3) is 0.333. The lowest BCUT2D eigenvalue weighted by molar-refractivity contribution is 0.711. The Hall–Kier alpha value is -1.93. The second-order valence-electron chi connectivity index (χ2n) is 4.35. The summed E-state index contributed by atoms with van der Waals surface area (Å²) in [4.78, 5) is 1.04. The molecule has 0 bridgehead atoms. The molecule has 0 aliphatic heterocycles. The number of rotatable bonds is 6. The summed E-state index contributed by atoms with van der Waals surface area (Å²) in [5.41, 5.74) is 2.83. The fourth-order valence-corrected chi connectivity index (χ4v) is 2.83. The molecule has 0 spiro atoms. The summed E-state index contributed by atoms with van der Waals surface area (Å²) >= 11 is 1.70. The van der Waals surface area contributed by atoms with Gasteiger partial charge in [0.15, 0.2) is 0 Å². The third kappa shape index (κ3) is 3.34. The van der Waals surface area contributed by atoms with E-state index in [1.54, 1.807) is 18.0 Å². The first-order valence-electron chi connectivity index (χ1n) is 6.63. The number of nitrogens with one attached hydrogen (secondary N) is 1. The molecule has 0 saturated carbocycles. The molecule has 0 radical (unpaired) electrons. The minimum atomic E-state index is 0.740. The van der Waals surface area contributed by atoms with E-state index in [-0.39, 0.29) is 0 Å². The molecule has 5 heteroatoms. The average molecular weight is 286 g/mol. The number of aryl methyl sites for hydroxylation is 1. The summed E-state index contributed by atoms with van der Waals surface area (Å²) in [6.45, 7) is 2.88. The van der Waals surface area contributed by atoms with E-state index in [4.69, 9.17) is 0 Å². The Balaban J connectivity index is 2.04. The van der Waals surface area contributed by atoms with E-state index in [2.05, 4.69) is 23.4 Å². The van der Waals surface area contributed by atoms with Crippen LogP contribution in [-0.2, 0) is 13.5 Å². The van der Waals surface area contributed by atoms with Crippen molar-refractivity contribution in [2.75, 3.05) is 17.6 Å². The second kappa shape index (κ2) is 7.01. The van der Waals surface area contributed by atoms with E-state index in [0.29, 0.717) is 0 Å². The molecule has 4 nitrogen and oxygen atoms in total. The zero-order valence-corrected chi connectivity index (χ0v) is 12.6. The van der Waals surface area contributed by atoms with Gasteiger partial charge in [-0.25, -0.2) is 0 Å². The van der Waals surface area contributed by atoms with Crippen LogP contribution in [0.3, 0.4) is 0 Å². The highest BCUT2D eigenvalue weighted by atomic mass is 32.2. The summed E-state index contributed by atoms with van der Waals surface area (Å²) in [5, 5.41) is 16.8. The number of aromatic nitrogens is 2. The lowest BCUT2D eigenvalue weighted by Crippen LogP contribution is -2.09. The second-order valence-corrected chi connectivity index (χ2v) is 5.65. The van der Waals surface area contributed by atoms with Crippen molar-refractivity contribution < 1.29 is 0 Å². The van der Waals surface area contributed by atoms with E-state index in [0.717, 1.165) is 34.9 Å². The van der Waals surface area contributed by atoms with Crippen LogP contribution in [-0.4, -0.2) is 22.1 Å². The van der Waals surface area contributed by atoms with Gasteiger partial charge in [-0.2, -0.15) is 10.4 Å². The molecular weight excluding hydrogens is 268 g/mol. The molecule has 0 unspecified atom stereocenters. The number of hydrogen-bond acceptors (Lipinski definition) is 4. The van der Waals surface area contributed by atoms with Crippen LogP contribution in [0.4, 0.5) is 5.69 Å². The van der Waals surface area contributed by atoms with Gasteiger partial charge in [0.05, 0.1) is 11.3 Å². The molecule has 0 amide bonds. The molecule has 2 rings (SSSR count). The molecule has 0 fully saturated rings. The standard InChI is InChI=1S/C15H18N4S/c1-3-20-15-6-4-5-14(13(15)11-16)17-9-7-12-8-10-18-19(12)2/h4-6,8,10,17H,3,7,9H2,1-2H3. The van der Waals surface area contributed by atoms with E-state index >= 15 is 0 Å². The van der Waals surface area contributed by atoms with Gasteiger partial charge in [-0.1, -0.05) is 13.0 Å². The largest absolute Gasteiger partial charge is 0.384 e. The zero-order valence-electron chi connectivity index (χ0n) is 11.8. The normalized spacial score (nSPS) is 10.2. The number of thioether (sulfide) groups is 1. The number of nitrogens with zero attached hydrogens (tertiary/aromatic N) is 3. The number of hydrogen-bond donors (Lipinski definition) is 1. The van der Waals surface area contributed by atoms with Gasteiger partial charge in [0.25, 0.3) is 0 Å². The molecule has 1 heterocycles. The van der Waals surface area contributed by atoms with Crippen molar-refractivity contribution >= 4 is 17.4 Å². The van der Waals surface area contributed by atoms with Crippen molar-refractivity contribution in [2.24, 2.45) is 7.05 Å². The van der Waals surface area contributed by atoms with Gasteiger partial charge in [-0.05, 0) is 24.0 Å². The van der Waals surface area contributed by atoms with Gasteiger partial charge in [-0.15, -0.1) is 11.8 Å². The lowest BCUT2D eigenvalue weighted by atomic mass is 10.2. The minimum Gasteiger partial charge on any atom is -0.384 e. The molecular formula is C15H18N4S. The van der Waals surface area contributed by atoms with Gasteiger partial charge in [0.1, 0.15) is 6.07 Å². The maximum absolute atomic E-state index is 9.34. The van der Waals surface area contributed by atoms with Crippen molar-refractivity contribution in [3.63, 3.8) is 0 Å². The maximum atomic E-state index is 9.34. The van der Waals surface area contributed by atoms with Crippen LogP contribution in [0.15, 0.2) is 35.4 Å². The number of anilines is 1. The molecule has 2 aromatic rings. The Morgan fingerprint density at radius 3 is 2.90 bits per heavy atom. The first-order valence-corrected chi connectivity index (χ1v) is 7.61. The van der Waals surface area contributed by atoms with Crippen molar-refractivity contribution in [2.45, 2.75) is 18.2 Å². The lowest BCUT2D eigenvalue weighted by Gasteiger charge is -2.11. The highest BCUT2D eigenvalue weighted by molar-refractivity contribution is 7.99. The van der Waals surface area contributed by atoms with Crippen LogP contribution in [0.25, 0.3) is 0 Å². The van der Waals surface area contributed by atoms with Crippen molar-refractivity contribution in [3.8, 4) is 6.07 Å². The third-order valence-electron chi connectivity index (χ3n) is 3.06. The minimum absolute atomic E-state index is 0.740. The molecule has 104 valence electrons. The highest BCUT2D eigenvalue weighted by Crippen LogP contribution is 2.27. The smallest absolute Gasteiger partial charge is 0.102 e. The molecule has 0 atom stereocenters. The molecule has 20 heavy (non-hydrogen) atoms. The Labute approximate surface area is 123 Å². The Morgan fingerprint density at radius 1 is 1.40 bits per heavy atom. The third-order valence-corrected chi connectivity index (χ3v) is 4.00. The van der Waals surface area contributed by atoms with Gasteiger partial charge in [0.2, 0.25) is 0 Å². The van der Waals surface area contributed by atoms with Crippen LogP contribution in [0.1, 0.15) is 18.2 Å². The van der Waals surface area contributed by atoms with Gasteiger partial charge in [-0.3, -0.25) is 4.68 Å². The van der Waals surface area contributed by atoms with Gasteiger partial charge in [0, 0.05) is 36.8 Å². The van der Waals surface area contributed by atoms with Crippen molar-refractivity contribution in [1.29, 1.82) is 5.26 Å². The van der Waals surface area contributed by atoms with E-state index < -0.39 is 0 Å². The van der Waals surface area contributed by atoms with E-state index in [1.807, 2.05) is 36.0 Å². The van der Waals surface area contributed by atoms with Crippen molar-refractivity contribution in [3.05, 3.63) is 41.7 Å². The molecule has 1 N–H and O–H groups in total. The van der Waals surface area contributed by atoms with Crippen LogP contribution in [0.2, 0.25) is 0 Å². The Kier molecular flexibility index (Phi) is 5.08. The quantitative estimate of drug-likeness (QED) is 0.829. The first-order chi connectivity index (χ1) is 9.76. The summed E-state index contributed by atoms with van der Waals surface area (Å²) in [6.07, 6.45) is 2.68. The zero-order chi connectivity index (χ0) is 14.4. The van der Waals surface area contributed by atoms with E-state index in [9.17, 15) is 5.26 Å². The predicted octanol–water partition coefficient (Wildman–Crippen LogP) is 3.06. The molecule has 0 aliphatic carbocycles. The summed E-state index contributed by atoms with van der Waals surface area (Å²) < 4.78 is 1.87. The fourth-order valence-electron chi connectivity index (χ4n) is 2.04. The first kappa shape index (κ1) is 14.5. The van der Waals surface area contributed by atoms with Gasteiger partial charge >= 0.3 is 0 Å². The van der Waals surface area contributed by atoms with Crippen LogP contribution in [0, 0.1) is 11.3 Å². The number of nitriles is 1. The molecule has 0 aliphatic rings. The van der Waals surface area contributed by atoms with Crippen LogP contribution in [0.5, 0.6) is 0 Å². The molecule has 0 saturated heterocycles. The number of benzene rings is 1. The monoisotopic (exact) mass is 286 g/mol. The Bertz CT molecular complexity index is 613. The topological polar surface area (TPSA) is 53.6 Å². The summed E-state index contributed by atoms with van der Waals surface area (Å²) in [5.74, 6) is 0.965. The SMILES string of the molecule is CCSc1cccc(NCCc2ccnn2C)c1C#N. The predicted molar refractivity (Wildman–Crippen MR) is 83.0 cm³/mol.